The number of fused-ring (bicyclic) bond motifs is 1. The summed E-state index contributed by atoms with van der Waals surface area (Å²) in [5.41, 5.74) is 0.882. The summed E-state index contributed by atoms with van der Waals surface area (Å²) in [4.78, 5) is 11.6. The van der Waals surface area contributed by atoms with Crippen molar-refractivity contribution in [1.82, 2.24) is 0 Å². The number of nitroso groups, excluding NO2 is 1. The SMILES string of the molecule is O=NCC1OC(c2ccc(F)c(Cc3cc4ccccc4s3)c2)C(O)C(O)C1O. The highest BCUT2D eigenvalue weighted by Crippen LogP contribution is 2.34. The Morgan fingerprint density at radius 3 is 2.59 bits per heavy atom. The van der Waals surface area contributed by atoms with Crippen LogP contribution in [0.2, 0.25) is 0 Å². The molecule has 152 valence electrons. The summed E-state index contributed by atoms with van der Waals surface area (Å²) in [6.45, 7) is -0.364. The van der Waals surface area contributed by atoms with Gasteiger partial charge in [0, 0.05) is 16.0 Å². The van der Waals surface area contributed by atoms with Gasteiger partial charge in [-0.25, -0.2) is 4.39 Å². The Morgan fingerprint density at radius 2 is 1.83 bits per heavy atom. The van der Waals surface area contributed by atoms with Crippen molar-refractivity contribution in [3.05, 3.63) is 75.3 Å². The number of ether oxygens (including phenoxy) is 1. The number of hydrogen-bond donors (Lipinski definition) is 3. The van der Waals surface area contributed by atoms with E-state index in [4.69, 9.17) is 4.74 Å². The van der Waals surface area contributed by atoms with E-state index in [-0.39, 0.29) is 12.4 Å². The molecule has 1 fully saturated rings. The van der Waals surface area contributed by atoms with Crippen molar-refractivity contribution in [2.24, 2.45) is 5.18 Å². The first-order valence-electron chi connectivity index (χ1n) is 9.22. The van der Waals surface area contributed by atoms with Crippen LogP contribution in [0.5, 0.6) is 0 Å². The highest BCUT2D eigenvalue weighted by atomic mass is 32.1. The van der Waals surface area contributed by atoms with Crippen LogP contribution in [-0.4, -0.2) is 46.3 Å². The molecule has 0 aliphatic carbocycles. The van der Waals surface area contributed by atoms with E-state index in [1.54, 1.807) is 17.4 Å². The third-order valence-corrected chi connectivity index (χ3v) is 6.32. The van der Waals surface area contributed by atoms with Gasteiger partial charge in [-0.2, -0.15) is 4.91 Å². The van der Waals surface area contributed by atoms with Crippen LogP contribution in [-0.2, 0) is 11.2 Å². The fourth-order valence-electron chi connectivity index (χ4n) is 3.67. The minimum Gasteiger partial charge on any atom is -0.388 e. The van der Waals surface area contributed by atoms with Crippen LogP contribution in [0.25, 0.3) is 10.1 Å². The van der Waals surface area contributed by atoms with Crippen molar-refractivity contribution in [2.45, 2.75) is 36.9 Å². The van der Waals surface area contributed by atoms with E-state index < -0.39 is 30.5 Å². The highest BCUT2D eigenvalue weighted by molar-refractivity contribution is 7.19. The van der Waals surface area contributed by atoms with E-state index >= 15 is 0 Å². The summed E-state index contributed by atoms with van der Waals surface area (Å²) in [6, 6.07) is 14.3. The minimum absolute atomic E-state index is 0.364. The molecule has 0 saturated carbocycles. The van der Waals surface area contributed by atoms with E-state index in [1.807, 2.05) is 30.3 Å². The summed E-state index contributed by atoms with van der Waals surface area (Å²) in [6.07, 6.45) is -6.05. The maximum atomic E-state index is 14.5. The first-order chi connectivity index (χ1) is 14.0. The molecule has 0 amide bonds. The molecule has 2 heterocycles. The van der Waals surface area contributed by atoms with Gasteiger partial charge < -0.3 is 20.1 Å². The molecule has 0 bridgehead atoms. The van der Waals surface area contributed by atoms with E-state index in [0.717, 1.165) is 15.0 Å². The van der Waals surface area contributed by atoms with Crippen molar-refractivity contribution < 1.29 is 24.4 Å². The van der Waals surface area contributed by atoms with E-state index in [1.165, 1.54) is 12.1 Å². The van der Waals surface area contributed by atoms with Crippen molar-refractivity contribution >= 4 is 21.4 Å². The topological polar surface area (TPSA) is 99.4 Å². The number of aliphatic hydroxyl groups excluding tert-OH is 3. The first kappa shape index (κ1) is 20.1. The van der Waals surface area contributed by atoms with Crippen LogP contribution in [0.15, 0.2) is 53.7 Å². The van der Waals surface area contributed by atoms with Crippen LogP contribution in [0, 0.1) is 10.7 Å². The quantitative estimate of drug-likeness (QED) is 0.555. The molecule has 5 atom stereocenters. The fraction of sp³-hybridized carbons (Fsp3) is 0.333. The van der Waals surface area contributed by atoms with Gasteiger partial charge in [-0.15, -0.1) is 11.3 Å². The Balaban J connectivity index is 1.62. The zero-order valence-electron chi connectivity index (χ0n) is 15.3. The van der Waals surface area contributed by atoms with Gasteiger partial charge in [-0.05, 0) is 40.8 Å². The second kappa shape index (κ2) is 8.25. The second-order valence-electron chi connectivity index (χ2n) is 7.16. The zero-order chi connectivity index (χ0) is 20.5. The number of rotatable bonds is 5. The molecule has 1 saturated heterocycles. The van der Waals surface area contributed by atoms with E-state index in [2.05, 4.69) is 5.18 Å². The van der Waals surface area contributed by atoms with Gasteiger partial charge in [0.1, 0.15) is 42.9 Å². The molecule has 4 rings (SSSR count). The van der Waals surface area contributed by atoms with Gasteiger partial charge in [0.2, 0.25) is 0 Å². The molecule has 2 aromatic carbocycles. The number of thiophene rings is 1. The van der Waals surface area contributed by atoms with Gasteiger partial charge in [0.15, 0.2) is 0 Å². The lowest BCUT2D eigenvalue weighted by Crippen LogP contribution is -2.55. The zero-order valence-corrected chi connectivity index (χ0v) is 16.1. The maximum absolute atomic E-state index is 14.5. The van der Waals surface area contributed by atoms with Gasteiger partial charge in [-0.3, -0.25) is 0 Å². The summed E-state index contributed by atoms with van der Waals surface area (Å²) in [7, 11) is 0. The maximum Gasteiger partial charge on any atom is 0.126 e. The highest BCUT2D eigenvalue weighted by Gasteiger charge is 2.44. The van der Waals surface area contributed by atoms with Gasteiger partial charge in [0.05, 0.1) is 0 Å². The van der Waals surface area contributed by atoms with Crippen molar-refractivity contribution in [2.75, 3.05) is 6.54 Å². The molecular formula is C21H20FNO5S. The molecule has 3 aromatic rings. The van der Waals surface area contributed by atoms with Crippen molar-refractivity contribution in [3.8, 4) is 0 Å². The van der Waals surface area contributed by atoms with Crippen molar-refractivity contribution in [1.29, 1.82) is 0 Å². The number of benzene rings is 2. The molecule has 3 N–H and O–H groups in total. The number of hydrogen-bond acceptors (Lipinski definition) is 7. The molecule has 1 aliphatic rings. The van der Waals surface area contributed by atoms with E-state index in [9.17, 15) is 24.6 Å². The van der Waals surface area contributed by atoms with Crippen LogP contribution in [0.1, 0.15) is 22.1 Å². The molecule has 0 radical (unpaired) electrons. The Hall–Kier alpha value is -2.23. The summed E-state index contributed by atoms with van der Waals surface area (Å²) < 4.78 is 21.2. The molecule has 29 heavy (non-hydrogen) atoms. The smallest absolute Gasteiger partial charge is 0.126 e. The van der Waals surface area contributed by atoms with Crippen LogP contribution < -0.4 is 0 Å². The Morgan fingerprint density at radius 1 is 1.03 bits per heavy atom. The van der Waals surface area contributed by atoms with Crippen LogP contribution in [0.3, 0.4) is 0 Å². The fourth-order valence-corrected chi connectivity index (χ4v) is 4.76. The Labute approximate surface area is 170 Å². The van der Waals surface area contributed by atoms with Crippen molar-refractivity contribution in [3.63, 3.8) is 0 Å². The molecule has 1 aromatic heterocycles. The third kappa shape index (κ3) is 3.94. The predicted octanol–water partition coefficient (Wildman–Crippen LogP) is 2.92. The summed E-state index contributed by atoms with van der Waals surface area (Å²) in [5.74, 6) is -0.386. The normalized spacial score (nSPS) is 27.2. The second-order valence-corrected chi connectivity index (χ2v) is 8.33. The van der Waals surface area contributed by atoms with Gasteiger partial charge in [-0.1, -0.05) is 29.4 Å². The monoisotopic (exact) mass is 417 g/mol. The molecule has 5 unspecified atom stereocenters. The lowest BCUT2D eigenvalue weighted by molar-refractivity contribution is -0.221. The number of aliphatic hydroxyl groups is 3. The standard InChI is InChI=1S/C21H20FNO5S/c22-15-6-5-12(21-20(26)19(25)18(24)16(28-21)10-23-27)7-13(15)9-14-8-11-3-1-2-4-17(11)29-14/h1-8,16,18-21,24-26H,9-10H2. The van der Waals surface area contributed by atoms with Gasteiger partial charge >= 0.3 is 0 Å². The first-order valence-corrected chi connectivity index (χ1v) is 10.0. The third-order valence-electron chi connectivity index (χ3n) is 5.21. The van der Waals surface area contributed by atoms with Crippen LogP contribution >= 0.6 is 11.3 Å². The average Bonchev–Trinajstić information content (AvgIpc) is 3.13. The molecule has 8 heteroatoms. The molecule has 0 spiro atoms. The largest absolute Gasteiger partial charge is 0.388 e. The van der Waals surface area contributed by atoms with Crippen LogP contribution in [0.4, 0.5) is 4.39 Å². The molecule has 1 aliphatic heterocycles. The summed E-state index contributed by atoms with van der Waals surface area (Å²) >= 11 is 1.58. The summed E-state index contributed by atoms with van der Waals surface area (Å²) in [5, 5.41) is 34.3. The average molecular weight is 417 g/mol. The minimum atomic E-state index is -1.50. The number of halogens is 1. The lowest BCUT2D eigenvalue weighted by Gasteiger charge is -2.40. The molecule has 6 nitrogen and oxygen atoms in total. The molecular weight excluding hydrogens is 397 g/mol. The lowest BCUT2D eigenvalue weighted by atomic mass is 9.90. The number of nitrogens with zero attached hydrogens (tertiary/aromatic N) is 1. The van der Waals surface area contributed by atoms with Gasteiger partial charge in [0.25, 0.3) is 0 Å². The Kier molecular flexibility index (Phi) is 5.71. The predicted molar refractivity (Wildman–Crippen MR) is 107 cm³/mol. The van der Waals surface area contributed by atoms with E-state index in [0.29, 0.717) is 17.5 Å². The Bertz CT molecular complexity index is 992.